The van der Waals surface area contributed by atoms with Gasteiger partial charge in [0.1, 0.15) is 6.61 Å². The molecule has 8 nitrogen and oxygen atoms in total. The number of aromatic nitrogens is 2. The Morgan fingerprint density at radius 2 is 1.90 bits per heavy atom. The predicted octanol–water partition coefficient (Wildman–Crippen LogP) is 2.66. The molecule has 3 amide bonds. The normalized spacial score (nSPS) is 21.6. The van der Waals surface area contributed by atoms with Crippen LogP contribution in [-0.4, -0.2) is 52.4 Å². The first-order chi connectivity index (χ1) is 14.3. The van der Waals surface area contributed by atoms with Gasteiger partial charge in [0.2, 0.25) is 0 Å². The minimum atomic E-state index is -1.60. The van der Waals surface area contributed by atoms with Crippen molar-refractivity contribution >= 4 is 23.3 Å². The second-order valence-electron chi connectivity index (χ2n) is 7.31. The van der Waals surface area contributed by atoms with E-state index in [1.54, 1.807) is 15.8 Å². The first kappa shape index (κ1) is 20.2. The van der Waals surface area contributed by atoms with Crippen molar-refractivity contribution in [1.82, 2.24) is 14.7 Å². The van der Waals surface area contributed by atoms with Gasteiger partial charge >= 0.3 is 6.03 Å². The Labute approximate surface area is 170 Å². The fourth-order valence-corrected chi connectivity index (χ4v) is 3.73. The first-order valence-corrected chi connectivity index (χ1v) is 9.44. The molecule has 0 bridgehead atoms. The third-order valence-corrected chi connectivity index (χ3v) is 5.54. The number of carbonyl (C=O) groups is 2. The molecular formula is C19H20F3N5O3. The van der Waals surface area contributed by atoms with Crippen LogP contribution < -0.4 is 10.2 Å². The largest absolute Gasteiger partial charge is 0.370 e. The fraction of sp³-hybridized carbons (Fsp3) is 0.421. The van der Waals surface area contributed by atoms with Crippen LogP contribution in [-0.2, 0) is 16.1 Å². The van der Waals surface area contributed by atoms with Gasteiger partial charge in [-0.15, -0.1) is 0 Å². The minimum absolute atomic E-state index is 0.0253. The highest BCUT2D eigenvalue weighted by Gasteiger charge is 2.36. The Bertz CT molecular complexity index is 988. The van der Waals surface area contributed by atoms with E-state index in [1.165, 1.54) is 4.90 Å². The number of nitrogens with zero attached hydrogens (tertiary/aromatic N) is 4. The van der Waals surface area contributed by atoms with E-state index in [2.05, 4.69) is 10.4 Å². The average molecular weight is 423 g/mol. The molecule has 0 unspecified atom stereocenters. The van der Waals surface area contributed by atoms with Crippen LogP contribution in [0.3, 0.4) is 0 Å². The lowest BCUT2D eigenvalue weighted by molar-refractivity contribution is -0.125. The molecule has 0 saturated carbocycles. The van der Waals surface area contributed by atoms with Crippen LogP contribution in [0.5, 0.6) is 0 Å². The number of morpholine rings is 1. The van der Waals surface area contributed by atoms with Crippen LogP contribution in [0.2, 0.25) is 0 Å². The van der Waals surface area contributed by atoms with Crippen molar-refractivity contribution in [2.24, 2.45) is 0 Å². The van der Waals surface area contributed by atoms with Gasteiger partial charge in [-0.2, -0.15) is 5.10 Å². The lowest BCUT2D eigenvalue weighted by Crippen LogP contribution is -2.49. The molecule has 0 spiro atoms. The van der Waals surface area contributed by atoms with Crippen LogP contribution in [0.4, 0.5) is 29.3 Å². The summed E-state index contributed by atoms with van der Waals surface area (Å²) in [7, 11) is 0. The SMILES string of the molecule is C[C@H]1[C@H](C)n2ncc(N3CCOCC3=O)c2CN1C(=O)Nc1cc(F)c(F)c(F)c1. The number of nitrogens with one attached hydrogen (secondary N) is 1. The van der Waals surface area contributed by atoms with Crippen LogP contribution in [0.1, 0.15) is 25.6 Å². The summed E-state index contributed by atoms with van der Waals surface area (Å²) in [5, 5.41) is 6.80. The molecule has 2 aliphatic heterocycles. The van der Waals surface area contributed by atoms with Gasteiger partial charge in [0.25, 0.3) is 5.91 Å². The highest BCUT2D eigenvalue weighted by molar-refractivity contribution is 5.95. The zero-order chi connectivity index (χ0) is 21.6. The summed E-state index contributed by atoms with van der Waals surface area (Å²) in [5.41, 5.74) is 1.07. The smallest absolute Gasteiger partial charge is 0.322 e. The number of carbonyl (C=O) groups excluding carboxylic acids is 2. The van der Waals surface area contributed by atoms with Gasteiger partial charge in [0.05, 0.1) is 42.8 Å². The third-order valence-electron chi connectivity index (χ3n) is 5.54. The summed E-state index contributed by atoms with van der Waals surface area (Å²) in [5.74, 6) is -4.58. The molecule has 2 aromatic rings. The number of benzene rings is 1. The lowest BCUT2D eigenvalue weighted by Gasteiger charge is -2.39. The number of rotatable bonds is 2. The van der Waals surface area contributed by atoms with Crippen molar-refractivity contribution in [3.63, 3.8) is 0 Å². The number of halogens is 3. The van der Waals surface area contributed by atoms with Gasteiger partial charge in [0, 0.05) is 24.4 Å². The van der Waals surface area contributed by atoms with Crippen LogP contribution >= 0.6 is 0 Å². The average Bonchev–Trinajstić information content (AvgIpc) is 3.13. The van der Waals surface area contributed by atoms with E-state index >= 15 is 0 Å². The number of anilines is 2. The number of urea groups is 1. The highest BCUT2D eigenvalue weighted by atomic mass is 19.2. The van der Waals surface area contributed by atoms with Gasteiger partial charge in [-0.05, 0) is 13.8 Å². The van der Waals surface area contributed by atoms with Crippen LogP contribution in [0, 0.1) is 17.5 Å². The molecule has 1 N–H and O–H groups in total. The summed E-state index contributed by atoms with van der Waals surface area (Å²) in [6.45, 7) is 4.57. The molecular weight excluding hydrogens is 403 g/mol. The van der Waals surface area contributed by atoms with Gasteiger partial charge in [-0.1, -0.05) is 0 Å². The maximum absolute atomic E-state index is 13.5. The lowest BCUT2D eigenvalue weighted by atomic mass is 10.1. The predicted molar refractivity (Wildman–Crippen MR) is 100 cm³/mol. The summed E-state index contributed by atoms with van der Waals surface area (Å²) >= 11 is 0. The van der Waals surface area contributed by atoms with E-state index in [9.17, 15) is 22.8 Å². The Morgan fingerprint density at radius 3 is 2.57 bits per heavy atom. The molecule has 1 saturated heterocycles. The van der Waals surface area contributed by atoms with Gasteiger partial charge in [-0.25, -0.2) is 18.0 Å². The number of fused-ring (bicyclic) bond motifs is 1. The topological polar surface area (TPSA) is 79.7 Å². The number of hydrogen-bond donors (Lipinski definition) is 1. The van der Waals surface area contributed by atoms with Gasteiger partial charge in [0.15, 0.2) is 17.5 Å². The molecule has 160 valence electrons. The summed E-state index contributed by atoms with van der Waals surface area (Å²) in [6, 6.07) is 0.311. The Morgan fingerprint density at radius 1 is 1.20 bits per heavy atom. The van der Waals surface area contributed by atoms with Crippen molar-refractivity contribution in [3.05, 3.63) is 41.5 Å². The maximum Gasteiger partial charge on any atom is 0.322 e. The third kappa shape index (κ3) is 3.38. The van der Waals surface area contributed by atoms with E-state index in [-0.39, 0.29) is 36.8 Å². The second-order valence-corrected chi connectivity index (χ2v) is 7.31. The molecule has 3 heterocycles. The van der Waals surface area contributed by atoms with E-state index in [0.717, 1.165) is 12.1 Å². The Balaban J connectivity index is 1.60. The second kappa shape index (κ2) is 7.63. The molecule has 2 atom stereocenters. The van der Waals surface area contributed by atoms with Crippen molar-refractivity contribution in [2.45, 2.75) is 32.5 Å². The Kier molecular flexibility index (Phi) is 5.14. The number of amides is 3. The summed E-state index contributed by atoms with van der Waals surface area (Å²) in [4.78, 5) is 28.2. The molecule has 1 aromatic carbocycles. The molecule has 30 heavy (non-hydrogen) atoms. The molecule has 1 fully saturated rings. The van der Waals surface area contributed by atoms with E-state index in [4.69, 9.17) is 4.74 Å². The minimum Gasteiger partial charge on any atom is -0.370 e. The van der Waals surface area contributed by atoms with Crippen LogP contribution in [0.15, 0.2) is 18.3 Å². The monoisotopic (exact) mass is 423 g/mol. The van der Waals surface area contributed by atoms with Gasteiger partial charge in [-0.3, -0.25) is 9.48 Å². The first-order valence-electron chi connectivity index (χ1n) is 9.44. The standard InChI is InChI=1S/C19H20F3N5O3/c1-10-11(2)27-16(15(7-23-27)25-3-4-30-9-17(25)28)8-26(10)19(29)24-12-5-13(20)18(22)14(21)6-12/h5-7,10-11H,3-4,8-9H2,1-2H3,(H,24,29)/t10-,11-/m0/s1. The Hall–Kier alpha value is -3.08. The van der Waals surface area contributed by atoms with Crippen molar-refractivity contribution in [3.8, 4) is 0 Å². The highest BCUT2D eigenvalue weighted by Crippen LogP contribution is 2.33. The molecule has 11 heteroatoms. The zero-order valence-electron chi connectivity index (χ0n) is 16.4. The van der Waals surface area contributed by atoms with Crippen molar-refractivity contribution in [2.75, 3.05) is 30.0 Å². The van der Waals surface area contributed by atoms with Crippen molar-refractivity contribution in [1.29, 1.82) is 0 Å². The van der Waals surface area contributed by atoms with E-state index in [0.29, 0.717) is 24.5 Å². The summed E-state index contributed by atoms with van der Waals surface area (Å²) in [6.07, 6.45) is 1.59. The van der Waals surface area contributed by atoms with E-state index < -0.39 is 23.5 Å². The quantitative estimate of drug-likeness (QED) is 0.754. The van der Waals surface area contributed by atoms with Crippen LogP contribution in [0.25, 0.3) is 0 Å². The molecule has 0 radical (unpaired) electrons. The molecule has 0 aliphatic carbocycles. The molecule has 1 aromatic heterocycles. The van der Waals surface area contributed by atoms with Crippen molar-refractivity contribution < 1.29 is 27.5 Å². The fourth-order valence-electron chi connectivity index (χ4n) is 3.73. The zero-order valence-corrected chi connectivity index (χ0v) is 16.4. The van der Waals surface area contributed by atoms with E-state index in [1.807, 2.05) is 13.8 Å². The molecule has 4 rings (SSSR count). The number of hydrogen-bond acceptors (Lipinski definition) is 4. The summed E-state index contributed by atoms with van der Waals surface area (Å²) < 4.78 is 47.1. The number of ether oxygens (including phenoxy) is 1. The molecule has 2 aliphatic rings. The van der Waals surface area contributed by atoms with Gasteiger partial charge < -0.3 is 19.9 Å². The maximum atomic E-state index is 13.5.